The number of hydrogen-bond donors (Lipinski definition) is 2. The van der Waals surface area contributed by atoms with Gasteiger partial charge in [-0.25, -0.2) is 0 Å². The van der Waals surface area contributed by atoms with Crippen molar-refractivity contribution in [2.75, 3.05) is 19.8 Å². The van der Waals surface area contributed by atoms with Gasteiger partial charge >= 0.3 is 0 Å². The average Bonchev–Trinajstić information content (AvgIpc) is 2.85. The molecule has 1 atom stereocenters. The summed E-state index contributed by atoms with van der Waals surface area (Å²) in [6.45, 7) is 5.00. The summed E-state index contributed by atoms with van der Waals surface area (Å²) in [5.41, 5.74) is 2.52. The molecule has 1 aliphatic rings. The molecule has 2 rings (SSSR count). The molecular weight excluding hydrogens is 306 g/mol. The van der Waals surface area contributed by atoms with Gasteiger partial charge in [0.25, 0.3) is 0 Å². The molecule has 1 aliphatic heterocycles. The van der Waals surface area contributed by atoms with E-state index >= 15 is 0 Å². The highest BCUT2D eigenvalue weighted by Crippen LogP contribution is 2.32. The molecule has 4 heteroatoms. The standard InChI is InChI=1S/C15H22BrNO2/c1-2-11(3-5-18)9-17-10-13-8-14(16)7-12-4-6-19-15(12)13/h7-8,11,17-18H,2-6,9-10H2,1H3. The molecular formula is C15H22BrNO2. The number of ether oxygens (including phenoxy) is 1. The molecule has 1 aromatic rings. The number of hydrogen-bond acceptors (Lipinski definition) is 3. The van der Waals surface area contributed by atoms with Gasteiger partial charge in [0.1, 0.15) is 5.75 Å². The molecule has 0 aliphatic carbocycles. The number of nitrogens with one attached hydrogen (secondary N) is 1. The second-order valence-corrected chi connectivity index (χ2v) is 5.98. The molecule has 0 aromatic heterocycles. The molecule has 0 saturated carbocycles. The molecule has 0 bridgehead atoms. The monoisotopic (exact) mass is 327 g/mol. The number of aliphatic hydroxyl groups is 1. The van der Waals surface area contributed by atoms with Crippen LogP contribution in [0.25, 0.3) is 0 Å². The van der Waals surface area contributed by atoms with Gasteiger partial charge < -0.3 is 15.2 Å². The van der Waals surface area contributed by atoms with Crippen molar-refractivity contribution in [3.63, 3.8) is 0 Å². The minimum atomic E-state index is 0.273. The summed E-state index contributed by atoms with van der Waals surface area (Å²) < 4.78 is 6.84. The third kappa shape index (κ3) is 3.94. The maximum Gasteiger partial charge on any atom is 0.127 e. The van der Waals surface area contributed by atoms with Gasteiger partial charge in [-0.1, -0.05) is 29.3 Å². The molecule has 106 valence electrons. The minimum Gasteiger partial charge on any atom is -0.493 e. The fourth-order valence-electron chi connectivity index (χ4n) is 2.52. The Morgan fingerprint density at radius 2 is 2.32 bits per heavy atom. The second-order valence-electron chi connectivity index (χ2n) is 5.07. The number of fused-ring (bicyclic) bond motifs is 1. The first-order valence-corrected chi connectivity index (χ1v) is 7.79. The smallest absolute Gasteiger partial charge is 0.127 e. The van der Waals surface area contributed by atoms with E-state index in [2.05, 4.69) is 40.3 Å². The molecule has 1 aromatic carbocycles. The van der Waals surface area contributed by atoms with Gasteiger partial charge in [0, 0.05) is 29.6 Å². The summed E-state index contributed by atoms with van der Waals surface area (Å²) in [6.07, 6.45) is 2.97. The van der Waals surface area contributed by atoms with Crippen LogP contribution in [0, 0.1) is 5.92 Å². The Balaban J connectivity index is 1.93. The number of benzene rings is 1. The number of rotatable bonds is 7. The average molecular weight is 328 g/mol. The Bertz CT molecular complexity index is 423. The maximum absolute atomic E-state index is 8.99. The Hall–Kier alpha value is -0.580. The van der Waals surface area contributed by atoms with Crippen LogP contribution in [0.5, 0.6) is 5.75 Å². The van der Waals surface area contributed by atoms with Gasteiger partial charge in [-0.05, 0) is 36.6 Å². The first kappa shape index (κ1) is 14.8. The molecule has 19 heavy (non-hydrogen) atoms. The summed E-state index contributed by atoms with van der Waals surface area (Å²) in [5, 5.41) is 12.5. The third-order valence-corrected chi connectivity index (χ3v) is 4.15. The van der Waals surface area contributed by atoms with Crippen molar-refractivity contribution in [1.29, 1.82) is 0 Å². The van der Waals surface area contributed by atoms with Crippen LogP contribution in [-0.4, -0.2) is 24.9 Å². The van der Waals surface area contributed by atoms with E-state index < -0.39 is 0 Å². The van der Waals surface area contributed by atoms with Crippen LogP contribution in [0.3, 0.4) is 0 Å². The molecule has 0 spiro atoms. The van der Waals surface area contributed by atoms with E-state index in [9.17, 15) is 0 Å². The topological polar surface area (TPSA) is 41.5 Å². The number of halogens is 1. The lowest BCUT2D eigenvalue weighted by atomic mass is 10.0. The van der Waals surface area contributed by atoms with Crippen molar-refractivity contribution in [3.8, 4) is 5.75 Å². The van der Waals surface area contributed by atoms with E-state index in [1.54, 1.807) is 0 Å². The van der Waals surface area contributed by atoms with Crippen molar-refractivity contribution >= 4 is 15.9 Å². The summed E-state index contributed by atoms with van der Waals surface area (Å²) in [5.74, 6) is 1.61. The van der Waals surface area contributed by atoms with Gasteiger partial charge in [-0.15, -0.1) is 0 Å². The molecule has 1 unspecified atom stereocenters. The van der Waals surface area contributed by atoms with Crippen LogP contribution in [0.15, 0.2) is 16.6 Å². The quantitative estimate of drug-likeness (QED) is 0.809. The molecule has 0 saturated heterocycles. The highest BCUT2D eigenvalue weighted by atomic mass is 79.9. The largest absolute Gasteiger partial charge is 0.493 e. The van der Waals surface area contributed by atoms with E-state index in [1.165, 1.54) is 11.1 Å². The molecule has 1 heterocycles. The summed E-state index contributed by atoms with van der Waals surface area (Å²) in [7, 11) is 0. The van der Waals surface area contributed by atoms with Crippen molar-refractivity contribution in [2.24, 2.45) is 5.92 Å². The van der Waals surface area contributed by atoms with Crippen LogP contribution in [0.1, 0.15) is 30.9 Å². The fraction of sp³-hybridized carbons (Fsp3) is 0.600. The third-order valence-electron chi connectivity index (χ3n) is 3.69. The molecule has 0 fully saturated rings. The Kier molecular flexibility index (Phi) is 5.67. The van der Waals surface area contributed by atoms with E-state index in [0.717, 1.165) is 49.2 Å². The Labute approximate surface area is 123 Å². The minimum absolute atomic E-state index is 0.273. The normalized spacial score (nSPS) is 15.1. The van der Waals surface area contributed by atoms with E-state index in [1.807, 2.05) is 0 Å². The highest BCUT2D eigenvalue weighted by molar-refractivity contribution is 9.10. The van der Waals surface area contributed by atoms with E-state index in [0.29, 0.717) is 5.92 Å². The first-order valence-electron chi connectivity index (χ1n) is 7.00. The van der Waals surface area contributed by atoms with Gasteiger partial charge in [-0.2, -0.15) is 0 Å². The summed E-state index contributed by atoms with van der Waals surface area (Å²) >= 11 is 3.56. The number of aliphatic hydroxyl groups excluding tert-OH is 1. The predicted octanol–water partition coefficient (Wildman–Crippen LogP) is 2.88. The Morgan fingerprint density at radius 1 is 1.47 bits per heavy atom. The first-order chi connectivity index (χ1) is 9.24. The highest BCUT2D eigenvalue weighted by Gasteiger charge is 2.17. The second kappa shape index (κ2) is 7.27. The van der Waals surface area contributed by atoms with Crippen molar-refractivity contribution < 1.29 is 9.84 Å². The van der Waals surface area contributed by atoms with Crippen LogP contribution >= 0.6 is 15.9 Å². The van der Waals surface area contributed by atoms with Gasteiger partial charge in [-0.3, -0.25) is 0 Å². The van der Waals surface area contributed by atoms with Crippen LogP contribution in [0.2, 0.25) is 0 Å². The molecule has 3 nitrogen and oxygen atoms in total. The zero-order valence-electron chi connectivity index (χ0n) is 11.4. The lowest BCUT2D eigenvalue weighted by Gasteiger charge is -2.15. The lowest BCUT2D eigenvalue weighted by Crippen LogP contribution is -2.23. The fourth-order valence-corrected chi connectivity index (χ4v) is 3.07. The predicted molar refractivity (Wildman–Crippen MR) is 80.5 cm³/mol. The zero-order chi connectivity index (χ0) is 13.7. The molecule has 0 radical (unpaired) electrons. The lowest BCUT2D eigenvalue weighted by molar-refractivity contribution is 0.251. The molecule has 0 amide bonds. The SMILES string of the molecule is CCC(CCO)CNCc1cc(Br)cc2c1OCC2. The Morgan fingerprint density at radius 3 is 3.05 bits per heavy atom. The van der Waals surface area contributed by atoms with Crippen molar-refractivity contribution in [1.82, 2.24) is 5.32 Å². The van der Waals surface area contributed by atoms with Gasteiger partial charge in [0.05, 0.1) is 6.61 Å². The van der Waals surface area contributed by atoms with Crippen LogP contribution in [-0.2, 0) is 13.0 Å². The molecule has 2 N–H and O–H groups in total. The van der Waals surface area contributed by atoms with E-state index in [-0.39, 0.29) is 6.61 Å². The summed E-state index contributed by atoms with van der Waals surface area (Å²) in [6, 6.07) is 4.27. The van der Waals surface area contributed by atoms with Crippen LogP contribution < -0.4 is 10.1 Å². The van der Waals surface area contributed by atoms with Crippen molar-refractivity contribution in [2.45, 2.75) is 32.7 Å². The van der Waals surface area contributed by atoms with Crippen LogP contribution in [0.4, 0.5) is 0 Å². The van der Waals surface area contributed by atoms with E-state index in [4.69, 9.17) is 9.84 Å². The maximum atomic E-state index is 8.99. The zero-order valence-corrected chi connectivity index (χ0v) is 13.0. The van der Waals surface area contributed by atoms with Gasteiger partial charge in [0.2, 0.25) is 0 Å². The van der Waals surface area contributed by atoms with Gasteiger partial charge in [0.15, 0.2) is 0 Å². The van der Waals surface area contributed by atoms with Crippen molar-refractivity contribution in [3.05, 3.63) is 27.7 Å². The summed E-state index contributed by atoms with van der Waals surface area (Å²) in [4.78, 5) is 0.